The van der Waals surface area contributed by atoms with Crippen molar-refractivity contribution in [3.63, 3.8) is 0 Å². The zero-order chi connectivity index (χ0) is 13.1. The molecule has 1 heterocycles. The number of benzene rings is 1. The number of rotatable bonds is 2. The van der Waals surface area contributed by atoms with Gasteiger partial charge in [-0.05, 0) is 42.9 Å². The van der Waals surface area contributed by atoms with Crippen LogP contribution in [0.5, 0.6) is 0 Å². The molecule has 0 aromatic heterocycles. The fourth-order valence-electron chi connectivity index (χ4n) is 2.61. The minimum atomic E-state index is 0.278. The Morgan fingerprint density at radius 2 is 2.06 bits per heavy atom. The molecule has 0 spiro atoms. The van der Waals surface area contributed by atoms with E-state index in [2.05, 4.69) is 12.1 Å². The molecule has 2 rings (SSSR count). The molecular weight excluding hydrogens is 246 g/mol. The van der Waals surface area contributed by atoms with E-state index in [0.29, 0.717) is 12.3 Å². The Morgan fingerprint density at radius 3 is 2.61 bits per heavy atom. The van der Waals surface area contributed by atoms with E-state index < -0.39 is 0 Å². The van der Waals surface area contributed by atoms with Crippen LogP contribution in [-0.4, -0.2) is 23.9 Å². The Labute approximate surface area is 114 Å². The van der Waals surface area contributed by atoms with E-state index in [-0.39, 0.29) is 5.91 Å². The van der Waals surface area contributed by atoms with Crippen LogP contribution < -0.4 is 0 Å². The highest BCUT2D eigenvalue weighted by Crippen LogP contribution is 2.30. The standard InChI is InChI=1S/C15H20ClNO/c1-3-15(18)17-8-6-12(7-9-17)13-4-5-14(16)11(2)10-13/h4-5,10,12H,3,6-9H2,1-2H3. The lowest BCUT2D eigenvalue weighted by Gasteiger charge is -2.32. The van der Waals surface area contributed by atoms with Crippen LogP contribution in [0, 0.1) is 6.92 Å². The number of piperidine rings is 1. The molecule has 1 saturated heterocycles. The summed E-state index contributed by atoms with van der Waals surface area (Å²) in [5.41, 5.74) is 2.50. The van der Waals surface area contributed by atoms with Gasteiger partial charge in [-0.25, -0.2) is 0 Å². The van der Waals surface area contributed by atoms with Crippen LogP contribution >= 0.6 is 11.6 Å². The summed E-state index contributed by atoms with van der Waals surface area (Å²) in [6.45, 7) is 5.75. The normalized spacial score (nSPS) is 16.9. The first kappa shape index (κ1) is 13.4. The van der Waals surface area contributed by atoms with Gasteiger partial charge in [0.05, 0.1) is 0 Å². The molecule has 1 aliphatic heterocycles. The summed E-state index contributed by atoms with van der Waals surface area (Å²) in [5.74, 6) is 0.850. The second-order valence-corrected chi connectivity index (χ2v) is 5.42. The Bertz CT molecular complexity index is 436. The Balaban J connectivity index is 2.01. The Hall–Kier alpha value is -1.02. The fraction of sp³-hybridized carbons (Fsp3) is 0.533. The second kappa shape index (κ2) is 5.75. The molecule has 0 N–H and O–H groups in total. The van der Waals surface area contributed by atoms with E-state index in [4.69, 9.17) is 11.6 Å². The van der Waals surface area contributed by atoms with E-state index in [1.54, 1.807) is 0 Å². The summed E-state index contributed by atoms with van der Waals surface area (Å²) in [4.78, 5) is 13.6. The lowest BCUT2D eigenvalue weighted by molar-refractivity contribution is -0.131. The summed E-state index contributed by atoms with van der Waals surface area (Å²) >= 11 is 6.05. The van der Waals surface area contributed by atoms with Gasteiger partial charge in [0.25, 0.3) is 0 Å². The number of carbonyl (C=O) groups is 1. The van der Waals surface area contributed by atoms with Crippen LogP contribution in [0.3, 0.4) is 0 Å². The van der Waals surface area contributed by atoms with Crippen LogP contribution in [0.4, 0.5) is 0 Å². The summed E-state index contributed by atoms with van der Waals surface area (Å²) in [6.07, 6.45) is 2.74. The third kappa shape index (κ3) is 2.86. The van der Waals surface area contributed by atoms with E-state index >= 15 is 0 Å². The van der Waals surface area contributed by atoms with Crippen molar-refractivity contribution in [2.45, 2.75) is 39.0 Å². The molecule has 0 bridgehead atoms. The number of nitrogens with zero attached hydrogens (tertiary/aromatic N) is 1. The SMILES string of the molecule is CCC(=O)N1CCC(c2ccc(Cl)c(C)c2)CC1. The topological polar surface area (TPSA) is 20.3 Å². The molecule has 2 nitrogen and oxygen atoms in total. The van der Waals surface area contributed by atoms with Crippen molar-refractivity contribution in [1.29, 1.82) is 0 Å². The van der Waals surface area contributed by atoms with Gasteiger partial charge in [-0.2, -0.15) is 0 Å². The molecular formula is C15H20ClNO. The first-order chi connectivity index (χ1) is 8.61. The molecule has 18 heavy (non-hydrogen) atoms. The number of halogens is 1. The lowest BCUT2D eigenvalue weighted by atomic mass is 9.88. The van der Waals surface area contributed by atoms with Crippen molar-refractivity contribution in [3.8, 4) is 0 Å². The predicted octanol–water partition coefficient (Wildman–Crippen LogP) is 3.76. The summed E-state index contributed by atoms with van der Waals surface area (Å²) < 4.78 is 0. The quantitative estimate of drug-likeness (QED) is 0.797. The van der Waals surface area contributed by atoms with Gasteiger partial charge in [-0.15, -0.1) is 0 Å². The maximum absolute atomic E-state index is 11.6. The van der Waals surface area contributed by atoms with E-state index in [1.165, 1.54) is 5.56 Å². The molecule has 0 unspecified atom stereocenters. The number of aryl methyl sites for hydroxylation is 1. The van der Waals surface area contributed by atoms with Crippen LogP contribution in [-0.2, 0) is 4.79 Å². The van der Waals surface area contributed by atoms with Gasteiger partial charge >= 0.3 is 0 Å². The Morgan fingerprint density at radius 1 is 1.39 bits per heavy atom. The monoisotopic (exact) mass is 265 g/mol. The number of hydrogen-bond acceptors (Lipinski definition) is 1. The Kier molecular flexibility index (Phi) is 4.28. The van der Waals surface area contributed by atoms with E-state index in [9.17, 15) is 4.79 Å². The number of carbonyl (C=O) groups excluding carboxylic acids is 1. The maximum Gasteiger partial charge on any atom is 0.222 e. The molecule has 0 saturated carbocycles. The highest BCUT2D eigenvalue weighted by atomic mass is 35.5. The average molecular weight is 266 g/mol. The van der Waals surface area contributed by atoms with Crippen molar-refractivity contribution in [2.75, 3.05) is 13.1 Å². The van der Waals surface area contributed by atoms with Crippen molar-refractivity contribution >= 4 is 17.5 Å². The predicted molar refractivity (Wildman–Crippen MR) is 75.0 cm³/mol. The van der Waals surface area contributed by atoms with E-state index in [0.717, 1.165) is 36.5 Å². The summed E-state index contributed by atoms with van der Waals surface area (Å²) in [6, 6.07) is 6.29. The largest absolute Gasteiger partial charge is 0.343 e. The molecule has 0 radical (unpaired) electrons. The van der Waals surface area contributed by atoms with Gasteiger partial charge < -0.3 is 4.90 Å². The van der Waals surface area contributed by atoms with Crippen LogP contribution in [0.15, 0.2) is 18.2 Å². The van der Waals surface area contributed by atoms with Crippen molar-refractivity contribution in [1.82, 2.24) is 4.90 Å². The zero-order valence-electron chi connectivity index (χ0n) is 11.1. The van der Waals surface area contributed by atoms with Gasteiger partial charge in [-0.1, -0.05) is 30.7 Å². The number of amides is 1. The molecule has 1 aliphatic rings. The minimum absolute atomic E-state index is 0.278. The molecule has 1 aromatic carbocycles. The van der Waals surface area contributed by atoms with Crippen molar-refractivity contribution in [3.05, 3.63) is 34.3 Å². The van der Waals surface area contributed by atoms with Gasteiger partial charge in [0.15, 0.2) is 0 Å². The third-order valence-corrected chi connectivity index (χ3v) is 4.23. The van der Waals surface area contributed by atoms with Gasteiger partial charge in [0, 0.05) is 24.5 Å². The molecule has 3 heteroatoms. The first-order valence-corrected chi connectivity index (χ1v) is 7.03. The average Bonchev–Trinajstić information content (AvgIpc) is 2.41. The molecule has 0 aliphatic carbocycles. The third-order valence-electron chi connectivity index (χ3n) is 3.80. The zero-order valence-corrected chi connectivity index (χ0v) is 11.8. The molecule has 1 amide bonds. The van der Waals surface area contributed by atoms with Gasteiger partial charge in [-0.3, -0.25) is 4.79 Å². The lowest BCUT2D eigenvalue weighted by Crippen LogP contribution is -2.37. The summed E-state index contributed by atoms with van der Waals surface area (Å²) in [7, 11) is 0. The number of likely N-dealkylation sites (tertiary alicyclic amines) is 1. The minimum Gasteiger partial charge on any atom is -0.343 e. The maximum atomic E-state index is 11.6. The van der Waals surface area contributed by atoms with Crippen LogP contribution in [0.1, 0.15) is 43.2 Å². The number of hydrogen-bond donors (Lipinski definition) is 0. The van der Waals surface area contributed by atoms with Crippen LogP contribution in [0.25, 0.3) is 0 Å². The van der Waals surface area contributed by atoms with E-state index in [1.807, 2.05) is 24.8 Å². The van der Waals surface area contributed by atoms with Crippen LogP contribution in [0.2, 0.25) is 5.02 Å². The molecule has 98 valence electrons. The first-order valence-electron chi connectivity index (χ1n) is 6.65. The molecule has 1 aromatic rings. The molecule has 0 atom stereocenters. The highest BCUT2D eigenvalue weighted by Gasteiger charge is 2.22. The van der Waals surface area contributed by atoms with Crippen molar-refractivity contribution in [2.24, 2.45) is 0 Å². The van der Waals surface area contributed by atoms with Gasteiger partial charge in [0.2, 0.25) is 5.91 Å². The summed E-state index contributed by atoms with van der Waals surface area (Å²) in [5, 5.41) is 0.831. The smallest absolute Gasteiger partial charge is 0.222 e. The molecule has 1 fully saturated rings. The fourth-order valence-corrected chi connectivity index (χ4v) is 2.73. The highest BCUT2D eigenvalue weighted by molar-refractivity contribution is 6.31. The second-order valence-electron chi connectivity index (χ2n) is 5.02. The van der Waals surface area contributed by atoms with Gasteiger partial charge in [0.1, 0.15) is 0 Å². The van der Waals surface area contributed by atoms with Crippen molar-refractivity contribution < 1.29 is 4.79 Å².